The fourth-order valence-electron chi connectivity index (χ4n) is 2.53. The Morgan fingerprint density at radius 3 is 1.52 bits per heavy atom. The second kappa shape index (κ2) is 7.53. The second-order valence-corrected chi connectivity index (χ2v) is 5.11. The molecule has 7 nitrogen and oxygen atoms in total. The van der Waals surface area contributed by atoms with Crippen molar-refractivity contribution >= 4 is 23.5 Å². The summed E-state index contributed by atoms with van der Waals surface area (Å²) in [6.07, 6.45) is 0. The molecule has 1 aromatic carbocycles. The Bertz CT molecular complexity index is 558. The highest BCUT2D eigenvalue weighted by Crippen LogP contribution is 2.34. The maximum absolute atomic E-state index is 11.7. The number of carboxylic acid groups (broad SMARTS) is 2. The molecule has 0 saturated carbocycles. The zero-order valence-corrected chi connectivity index (χ0v) is 12.9. The van der Waals surface area contributed by atoms with Crippen molar-refractivity contribution in [2.45, 2.75) is 19.8 Å². The van der Waals surface area contributed by atoms with Crippen molar-refractivity contribution in [1.29, 1.82) is 0 Å². The number of ketones is 2. The van der Waals surface area contributed by atoms with Crippen LogP contribution < -0.4 is 14.9 Å². The average Bonchev–Trinajstić information content (AvgIpc) is 2.45. The van der Waals surface area contributed by atoms with Gasteiger partial charge in [-0.2, -0.15) is 0 Å². The number of carbonyl (C=O) groups is 4. The van der Waals surface area contributed by atoms with Gasteiger partial charge in [0.15, 0.2) is 0 Å². The molecule has 2 unspecified atom stereocenters. The predicted molar refractivity (Wildman–Crippen MR) is 74.1 cm³/mol. The summed E-state index contributed by atoms with van der Waals surface area (Å²) in [5, 5.41) is 22.7. The largest absolute Gasteiger partial charge is 0.549 e. The van der Waals surface area contributed by atoms with E-state index < -0.39 is 41.3 Å². The number of carboxylic acids is 2. The summed E-state index contributed by atoms with van der Waals surface area (Å²) in [5.41, 5.74) is 0.194. The molecule has 2 atom stereocenters. The molecule has 1 rings (SSSR count). The van der Waals surface area contributed by atoms with Gasteiger partial charge in [0.05, 0.1) is 30.9 Å². The zero-order valence-electron chi connectivity index (χ0n) is 12.9. The molecule has 124 valence electrons. The van der Waals surface area contributed by atoms with Crippen LogP contribution in [-0.4, -0.2) is 30.6 Å². The molecule has 23 heavy (non-hydrogen) atoms. The molecule has 0 aliphatic carbocycles. The molecule has 0 amide bonds. The highest BCUT2D eigenvalue weighted by atomic mass is 16.5. The minimum absolute atomic E-state index is 0.194. The maximum Gasteiger partial charge on any atom is 0.139 e. The summed E-state index contributed by atoms with van der Waals surface area (Å²) in [6, 6.07) is 5.76. The topological polar surface area (TPSA) is 124 Å². The number of Topliss-reactive ketones (excluding diaryl/α,β-unsaturated/α-hetero) is 2. The van der Waals surface area contributed by atoms with E-state index in [0.717, 1.165) is 13.8 Å². The molecule has 0 N–H and O–H groups in total. The second-order valence-electron chi connectivity index (χ2n) is 5.11. The first-order valence-electron chi connectivity index (χ1n) is 6.77. The van der Waals surface area contributed by atoms with Crippen molar-refractivity contribution < 1.29 is 34.1 Å². The van der Waals surface area contributed by atoms with Crippen LogP contribution in [0.2, 0.25) is 0 Å². The quantitative estimate of drug-likeness (QED) is 0.545. The van der Waals surface area contributed by atoms with Crippen LogP contribution in [0.5, 0.6) is 5.75 Å². The molecule has 0 fully saturated rings. The standard InChI is InChI=1S/C16H18O7/c1-8(17)12(15(19)20)14(13(9(2)18)16(21)22)10-4-6-11(23-3)7-5-10/h4-7,12-14H,1-3H3,(H,19,20)(H,21,22)/p-2. The van der Waals surface area contributed by atoms with Crippen molar-refractivity contribution in [3.63, 3.8) is 0 Å². The van der Waals surface area contributed by atoms with E-state index in [2.05, 4.69) is 0 Å². The molecular formula is C16H16O7-2. The summed E-state index contributed by atoms with van der Waals surface area (Å²) in [4.78, 5) is 46.1. The molecule has 0 spiro atoms. The van der Waals surface area contributed by atoms with Crippen LogP contribution in [0.3, 0.4) is 0 Å². The average molecular weight is 320 g/mol. The van der Waals surface area contributed by atoms with E-state index in [9.17, 15) is 29.4 Å². The molecule has 0 bridgehead atoms. The minimum atomic E-state index is -1.78. The van der Waals surface area contributed by atoms with Crippen LogP contribution in [0.1, 0.15) is 25.3 Å². The van der Waals surface area contributed by atoms with Gasteiger partial charge in [0.1, 0.15) is 17.3 Å². The Hall–Kier alpha value is -2.70. The molecule has 0 aliphatic heterocycles. The summed E-state index contributed by atoms with van der Waals surface area (Å²) in [6.45, 7) is 2.01. The lowest BCUT2D eigenvalue weighted by atomic mass is 9.73. The summed E-state index contributed by atoms with van der Waals surface area (Å²) in [7, 11) is 1.42. The molecule has 7 heteroatoms. The van der Waals surface area contributed by atoms with Crippen molar-refractivity contribution in [2.24, 2.45) is 11.8 Å². The summed E-state index contributed by atoms with van der Waals surface area (Å²) in [5.74, 6) is -9.64. The number of carbonyl (C=O) groups excluding carboxylic acids is 4. The van der Waals surface area contributed by atoms with Gasteiger partial charge in [-0.15, -0.1) is 0 Å². The molecule has 0 saturated heterocycles. The Kier molecular flexibility index (Phi) is 6.01. The first kappa shape index (κ1) is 18.3. The fraction of sp³-hybridized carbons (Fsp3) is 0.375. The number of benzene rings is 1. The third kappa shape index (κ3) is 4.15. The highest BCUT2D eigenvalue weighted by Gasteiger charge is 2.37. The molecule has 0 radical (unpaired) electrons. The van der Waals surface area contributed by atoms with Gasteiger partial charge < -0.3 is 24.5 Å². The fourth-order valence-corrected chi connectivity index (χ4v) is 2.53. The van der Waals surface area contributed by atoms with Gasteiger partial charge in [-0.3, -0.25) is 9.59 Å². The van der Waals surface area contributed by atoms with Crippen LogP contribution >= 0.6 is 0 Å². The van der Waals surface area contributed by atoms with E-state index in [0.29, 0.717) is 5.75 Å². The molecule has 0 aromatic heterocycles. The number of aliphatic carboxylic acids is 2. The number of hydrogen-bond donors (Lipinski definition) is 0. The van der Waals surface area contributed by atoms with Gasteiger partial charge in [-0.05, 0) is 31.5 Å². The van der Waals surface area contributed by atoms with E-state index in [1.54, 1.807) is 0 Å². The lowest BCUT2D eigenvalue weighted by Gasteiger charge is -2.32. The highest BCUT2D eigenvalue weighted by molar-refractivity contribution is 6.02. The zero-order chi connectivity index (χ0) is 17.7. The summed E-state index contributed by atoms with van der Waals surface area (Å²) >= 11 is 0. The van der Waals surface area contributed by atoms with Gasteiger partial charge in [0.25, 0.3) is 0 Å². The third-order valence-corrected chi connectivity index (χ3v) is 3.60. The van der Waals surface area contributed by atoms with Gasteiger partial charge >= 0.3 is 0 Å². The smallest absolute Gasteiger partial charge is 0.139 e. The van der Waals surface area contributed by atoms with E-state index in [4.69, 9.17) is 4.74 Å². The van der Waals surface area contributed by atoms with Crippen molar-refractivity contribution in [3.8, 4) is 5.75 Å². The first-order valence-corrected chi connectivity index (χ1v) is 6.77. The maximum atomic E-state index is 11.7. The van der Waals surface area contributed by atoms with Crippen LogP contribution in [0.4, 0.5) is 0 Å². The van der Waals surface area contributed by atoms with E-state index in [-0.39, 0.29) is 5.56 Å². The number of ether oxygens (including phenoxy) is 1. The first-order chi connectivity index (χ1) is 10.7. The van der Waals surface area contributed by atoms with Crippen molar-refractivity contribution in [3.05, 3.63) is 29.8 Å². The van der Waals surface area contributed by atoms with Crippen LogP contribution in [-0.2, 0) is 19.2 Å². The monoisotopic (exact) mass is 320 g/mol. The van der Waals surface area contributed by atoms with E-state index in [1.165, 1.54) is 31.4 Å². The number of rotatable bonds is 8. The van der Waals surface area contributed by atoms with Crippen LogP contribution in [0, 0.1) is 11.8 Å². The Balaban J connectivity index is 3.50. The number of methoxy groups -OCH3 is 1. The Labute approximate surface area is 132 Å². The summed E-state index contributed by atoms with van der Waals surface area (Å²) < 4.78 is 4.97. The van der Waals surface area contributed by atoms with Gasteiger partial charge in [-0.25, -0.2) is 0 Å². The van der Waals surface area contributed by atoms with E-state index in [1.807, 2.05) is 0 Å². The number of hydrogen-bond acceptors (Lipinski definition) is 7. The van der Waals surface area contributed by atoms with Crippen LogP contribution in [0.15, 0.2) is 24.3 Å². The minimum Gasteiger partial charge on any atom is -0.549 e. The Morgan fingerprint density at radius 1 is 0.870 bits per heavy atom. The predicted octanol–water partition coefficient (Wildman–Crippen LogP) is -1.31. The molecule has 0 heterocycles. The van der Waals surface area contributed by atoms with Gasteiger partial charge in [0, 0.05) is 5.92 Å². The molecular weight excluding hydrogens is 304 g/mol. The van der Waals surface area contributed by atoms with Crippen molar-refractivity contribution in [2.75, 3.05) is 7.11 Å². The van der Waals surface area contributed by atoms with Crippen LogP contribution in [0.25, 0.3) is 0 Å². The lowest BCUT2D eigenvalue weighted by molar-refractivity contribution is -0.314. The van der Waals surface area contributed by atoms with Gasteiger partial charge in [-0.1, -0.05) is 12.1 Å². The van der Waals surface area contributed by atoms with Crippen molar-refractivity contribution in [1.82, 2.24) is 0 Å². The molecule has 0 aliphatic rings. The normalized spacial score (nSPS) is 14.4. The van der Waals surface area contributed by atoms with E-state index >= 15 is 0 Å². The van der Waals surface area contributed by atoms with Gasteiger partial charge in [0.2, 0.25) is 0 Å². The lowest BCUT2D eigenvalue weighted by Crippen LogP contribution is -2.47. The third-order valence-electron chi connectivity index (χ3n) is 3.60. The molecule has 1 aromatic rings. The Morgan fingerprint density at radius 2 is 1.26 bits per heavy atom. The SMILES string of the molecule is COc1ccc(C(C(C(C)=O)C(=O)[O-])C(C(C)=O)C(=O)[O-])cc1.